The van der Waals surface area contributed by atoms with Gasteiger partial charge in [0.25, 0.3) is 5.91 Å². The molecule has 0 aliphatic rings. The van der Waals surface area contributed by atoms with Crippen LogP contribution in [-0.2, 0) is 0 Å². The molecule has 1 heterocycles. The van der Waals surface area contributed by atoms with E-state index in [2.05, 4.69) is 25.8 Å². The summed E-state index contributed by atoms with van der Waals surface area (Å²) in [5, 5.41) is 8.85. The normalized spacial score (nSPS) is 11.2. The zero-order valence-corrected chi connectivity index (χ0v) is 11.8. The number of nitrogens with zero attached hydrogens (tertiary/aromatic N) is 2. The molecule has 0 aliphatic heterocycles. The van der Waals surface area contributed by atoms with Crippen molar-refractivity contribution >= 4 is 11.9 Å². The second-order valence-corrected chi connectivity index (χ2v) is 5.77. The quantitative estimate of drug-likeness (QED) is 0.905. The number of hydrogen-bond donors (Lipinski definition) is 1. The maximum Gasteiger partial charge on any atom is 0.354 e. The second kappa shape index (κ2) is 5.82. The molecule has 19 heavy (non-hydrogen) atoms. The van der Waals surface area contributed by atoms with Crippen molar-refractivity contribution in [2.45, 2.75) is 27.2 Å². The molecule has 0 aromatic carbocycles. The van der Waals surface area contributed by atoms with Crippen molar-refractivity contribution < 1.29 is 14.7 Å². The highest BCUT2D eigenvalue weighted by molar-refractivity contribution is 5.96. The highest BCUT2D eigenvalue weighted by Crippen LogP contribution is 2.19. The maximum atomic E-state index is 12.1. The smallest absolute Gasteiger partial charge is 0.354 e. The van der Waals surface area contributed by atoms with Gasteiger partial charge in [-0.1, -0.05) is 20.8 Å². The Balaban J connectivity index is 2.77. The number of carbonyl (C=O) groups excluding carboxylic acids is 1. The molecule has 1 amide bonds. The van der Waals surface area contributed by atoms with Crippen LogP contribution < -0.4 is 0 Å². The summed E-state index contributed by atoms with van der Waals surface area (Å²) in [4.78, 5) is 28.3. The molecule has 0 unspecified atom stereocenters. The average molecular weight is 264 g/mol. The molecule has 0 spiro atoms. The van der Waals surface area contributed by atoms with Crippen LogP contribution in [-0.4, -0.2) is 40.5 Å². The number of carbonyl (C=O) groups is 2. The van der Waals surface area contributed by atoms with Crippen molar-refractivity contribution in [1.29, 1.82) is 0 Å². The van der Waals surface area contributed by atoms with Crippen molar-refractivity contribution in [3.63, 3.8) is 0 Å². The summed E-state index contributed by atoms with van der Waals surface area (Å²) < 4.78 is 0. The fourth-order valence-electron chi connectivity index (χ4n) is 1.51. The zero-order valence-electron chi connectivity index (χ0n) is 11.8. The fraction of sp³-hybridized carbons (Fsp3) is 0.500. The van der Waals surface area contributed by atoms with Gasteiger partial charge in [-0.3, -0.25) is 4.79 Å². The predicted molar refractivity (Wildman–Crippen MR) is 72.2 cm³/mol. The van der Waals surface area contributed by atoms with E-state index in [0.29, 0.717) is 12.1 Å². The van der Waals surface area contributed by atoms with Gasteiger partial charge in [0.1, 0.15) is 5.69 Å². The van der Waals surface area contributed by atoms with E-state index in [4.69, 9.17) is 5.11 Å². The van der Waals surface area contributed by atoms with Crippen molar-refractivity contribution in [3.05, 3.63) is 29.6 Å². The molecular formula is C14H20N2O3. The highest BCUT2D eigenvalue weighted by atomic mass is 16.4. The van der Waals surface area contributed by atoms with Crippen LogP contribution in [0.15, 0.2) is 18.3 Å². The minimum absolute atomic E-state index is 0.116. The summed E-state index contributed by atoms with van der Waals surface area (Å²) in [6.07, 6.45) is 2.22. The third-order valence-corrected chi connectivity index (χ3v) is 2.77. The molecule has 0 aliphatic carbocycles. The number of aromatic carboxylic acids is 1. The first-order valence-corrected chi connectivity index (χ1v) is 6.15. The Bertz CT molecular complexity index is 478. The van der Waals surface area contributed by atoms with Gasteiger partial charge >= 0.3 is 5.97 Å². The Hall–Kier alpha value is -1.91. The highest BCUT2D eigenvalue weighted by Gasteiger charge is 2.17. The first kappa shape index (κ1) is 15.1. The Morgan fingerprint density at radius 2 is 2.00 bits per heavy atom. The van der Waals surface area contributed by atoms with Gasteiger partial charge in [0.15, 0.2) is 0 Å². The molecule has 1 aromatic heterocycles. The lowest BCUT2D eigenvalue weighted by molar-refractivity contribution is 0.0690. The molecule has 5 nitrogen and oxygen atoms in total. The Morgan fingerprint density at radius 3 is 2.53 bits per heavy atom. The van der Waals surface area contributed by atoms with E-state index >= 15 is 0 Å². The van der Waals surface area contributed by atoms with E-state index in [1.54, 1.807) is 11.9 Å². The molecule has 1 aromatic rings. The average Bonchev–Trinajstić information content (AvgIpc) is 2.34. The Morgan fingerprint density at radius 1 is 1.37 bits per heavy atom. The molecule has 104 valence electrons. The van der Waals surface area contributed by atoms with E-state index < -0.39 is 5.97 Å². The van der Waals surface area contributed by atoms with Gasteiger partial charge in [0.2, 0.25) is 0 Å². The van der Waals surface area contributed by atoms with Crippen LogP contribution in [0.1, 0.15) is 48.0 Å². The van der Waals surface area contributed by atoms with E-state index in [1.165, 1.54) is 18.3 Å². The van der Waals surface area contributed by atoms with Crippen LogP contribution >= 0.6 is 0 Å². The largest absolute Gasteiger partial charge is 0.477 e. The molecule has 1 N–H and O–H groups in total. The molecule has 0 saturated carbocycles. The minimum Gasteiger partial charge on any atom is -0.477 e. The summed E-state index contributed by atoms with van der Waals surface area (Å²) in [6.45, 7) is 6.97. The van der Waals surface area contributed by atoms with Crippen LogP contribution in [0.4, 0.5) is 0 Å². The predicted octanol–water partition coefficient (Wildman–Crippen LogP) is 2.29. The van der Waals surface area contributed by atoms with Gasteiger partial charge in [0.05, 0.1) is 0 Å². The number of amides is 1. The van der Waals surface area contributed by atoms with Gasteiger partial charge < -0.3 is 10.0 Å². The van der Waals surface area contributed by atoms with Crippen molar-refractivity contribution in [2.75, 3.05) is 13.6 Å². The monoisotopic (exact) mass is 264 g/mol. The SMILES string of the molecule is CN(CCC(C)(C)C)C(=O)c1ccnc(C(=O)O)c1. The lowest BCUT2D eigenvalue weighted by Gasteiger charge is -2.23. The van der Waals surface area contributed by atoms with E-state index in [0.717, 1.165) is 6.42 Å². The number of carboxylic acids is 1. The van der Waals surface area contributed by atoms with Crippen LogP contribution in [0.25, 0.3) is 0 Å². The van der Waals surface area contributed by atoms with Gasteiger partial charge in [-0.15, -0.1) is 0 Å². The maximum absolute atomic E-state index is 12.1. The third kappa shape index (κ3) is 4.69. The first-order valence-electron chi connectivity index (χ1n) is 6.15. The van der Waals surface area contributed by atoms with Crippen LogP contribution in [0.3, 0.4) is 0 Å². The fourth-order valence-corrected chi connectivity index (χ4v) is 1.51. The number of pyridine rings is 1. The van der Waals surface area contributed by atoms with E-state index in [9.17, 15) is 9.59 Å². The molecule has 0 bridgehead atoms. The summed E-state index contributed by atoms with van der Waals surface area (Å²) in [6, 6.07) is 2.83. The summed E-state index contributed by atoms with van der Waals surface area (Å²) >= 11 is 0. The van der Waals surface area contributed by atoms with E-state index in [-0.39, 0.29) is 17.0 Å². The molecule has 0 saturated heterocycles. The van der Waals surface area contributed by atoms with Gasteiger partial charge in [0, 0.05) is 25.4 Å². The molecule has 0 atom stereocenters. The molecule has 0 radical (unpaired) electrons. The van der Waals surface area contributed by atoms with Crippen molar-refractivity contribution in [1.82, 2.24) is 9.88 Å². The Labute approximate surface area is 113 Å². The van der Waals surface area contributed by atoms with Gasteiger partial charge in [-0.25, -0.2) is 9.78 Å². The van der Waals surface area contributed by atoms with Crippen LogP contribution in [0.5, 0.6) is 0 Å². The van der Waals surface area contributed by atoms with Crippen LogP contribution in [0.2, 0.25) is 0 Å². The summed E-state index contributed by atoms with van der Waals surface area (Å²) in [7, 11) is 1.72. The lowest BCUT2D eigenvalue weighted by Crippen LogP contribution is -2.30. The number of hydrogen-bond acceptors (Lipinski definition) is 3. The zero-order chi connectivity index (χ0) is 14.6. The topological polar surface area (TPSA) is 70.5 Å². The lowest BCUT2D eigenvalue weighted by atomic mass is 9.92. The second-order valence-electron chi connectivity index (χ2n) is 5.77. The van der Waals surface area contributed by atoms with E-state index in [1.807, 2.05) is 0 Å². The van der Waals surface area contributed by atoms with Gasteiger partial charge in [-0.05, 0) is 24.0 Å². The number of carboxylic acid groups (broad SMARTS) is 1. The molecule has 1 rings (SSSR count). The third-order valence-electron chi connectivity index (χ3n) is 2.77. The Kier molecular flexibility index (Phi) is 4.64. The van der Waals surface area contributed by atoms with Gasteiger partial charge in [-0.2, -0.15) is 0 Å². The molecule has 5 heteroatoms. The molecule has 0 fully saturated rings. The van der Waals surface area contributed by atoms with Crippen molar-refractivity contribution in [3.8, 4) is 0 Å². The first-order chi connectivity index (χ1) is 8.70. The van der Waals surface area contributed by atoms with Crippen molar-refractivity contribution in [2.24, 2.45) is 5.41 Å². The standard InChI is InChI=1S/C14H20N2O3/c1-14(2,3)6-8-16(4)12(17)10-5-7-15-11(9-10)13(18)19/h5,7,9H,6,8H2,1-4H3,(H,18,19). The number of aromatic nitrogens is 1. The minimum atomic E-state index is -1.13. The summed E-state index contributed by atoms with van der Waals surface area (Å²) in [5.41, 5.74) is 0.387. The molecular weight excluding hydrogens is 244 g/mol. The summed E-state index contributed by atoms with van der Waals surface area (Å²) in [5.74, 6) is -1.32. The number of rotatable bonds is 4. The van der Waals surface area contributed by atoms with Crippen LogP contribution in [0, 0.1) is 5.41 Å².